The molecule has 3 heteroatoms. The summed E-state index contributed by atoms with van der Waals surface area (Å²) in [6, 6.07) is -0.0180. The second kappa shape index (κ2) is 4.70. The van der Waals surface area contributed by atoms with Crippen molar-refractivity contribution in [2.45, 2.75) is 25.3 Å². The second-order valence-electron chi connectivity index (χ2n) is 3.28. The number of aliphatic hydroxyl groups is 1. The Hall–Kier alpha value is -0.120. The van der Waals surface area contributed by atoms with Gasteiger partial charge in [-0.3, -0.25) is 0 Å². The van der Waals surface area contributed by atoms with Gasteiger partial charge in [0.1, 0.15) is 0 Å². The summed E-state index contributed by atoms with van der Waals surface area (Å²) < 4.78 is 0. The standard InChI is InChI=1S/C8H18N2O/c9-8(7-11)3-6-10-4-1-2-5-10/h8,11H,1-7,9H2/t8-/m0/s1. The van der Waals surface area contributed by atoms with Crippen LogP contribution in [0.15, 0.2) is 0 Å². The van der Waals surface area contributed by atoms with Crippen LogP contribution < -0.4 is 5.73 Å². The van der Waals surface area contributed by atoms with Gasteiger partial charge in [-0.1, -0.05) is 0 Å². The number of nitrogens with two attached hydrogens (primary N) is 1. The summed E-state index contributed by atoms with van der Waals surface area (Å²) in [4.78, 5) is 2.41. The maximum atomic E-state index is 8.67. The molecular weight excluding hydrogens is 140 g/mol. The van der Waals surface area contributed by atoms with Gasteiger partial charge in [0.25, 0.3) is 0 Å². The first kappa shape index (κ1) is 8.97. The van der Waals surface area contributed by atoms with Crippen molar-refractivity contribution in [2.24, 2.45) is 5.73 Å². The maximum Gasteiger partial charge on any atom is 0.0583 e. The fourth-order valence-corrected chi connectivity index (χ4v) is 1.45. The number of nitrogens with zero attached hydrogens (tertiary/aromatic N) is 1. The number of hydrogen-bond donors (Lipinski definition) is 2. The number of rotatable bonds is 4. The van der Waals surface area contributed by atoms with Gasteiger partial charge in [-0.15, -0.1) is 0 Å². The molecule has 66 valence electrons. The van der Waals surface area contributed by atoms with Gasteiger partial charge in [0, 0.05) is 6.04 Å². The monoisotopic (exact) mass is 158 g/mol. The normalized spacial score (nSPS) is 22.4. The van der Waals surface area contributed by atoms with E-state index in [0.29, 0.717) is 0 Å². The predicted molar refractivity (Wildman–Crippen MR) is 45.4 cm³/mol. The lowest BCUT2D eigenvalue weighted by Gasteiger charge is -2.16. The van der Waals surface area contributed by atoms with Crippen molar-refractivity contribution in [2.75, 3.05) is 26.2 Å². The Morgan fingerprint density at radius 2 is 2.00 bits per heavy atom. The van der Waals surface area contributed by atoms with Gasteiger partial charge >= 0.3 is 0 Å². The average molecular weight is 158 g/mol. The van der Waals surface area contributed by atoms with E-state index >= 15 is 0 Å². The van der Waals surface area contributed by atoms with Gasteiger partial charge in [-0.05, 0) is 38.9 Å². The fourth-order valence-electron chi connectivity index (χ4n) is 1.45. The van der Waals surface area contributed by atoms with E-state index in [-0.39, 0.29) is 12.6 Å². The topological polar surface area (TPSA) is 49.5 Å². The Bertz CT molecular complexity index is 102. The summed E-state index contributed by atoms with van der Waals surface area (Å²) in [5.74, 6) is 0. The van der Waals surface area contributed by atoms with Gasteiger partial charge in [0.05, 0.1) is 6.61 Å². The first-order chi connectivity index (χ1) is 5.33. The van der Waals surface area contributed by atoms with Gasteiger partial charge in [0.15, 0.2) is 0 Å². The molecule has 0 aliphatic carbocycles. The fraction of sp³-hybridized carbons (Fsp3) is 1.00. The second-order valence-corrected chi connectivity index (χ2v) is 3.28. The van der Waals surface area contributed by atoms with Crippen molar-refractivity contribution >= 4 is 0 Å². The molecule has 1 atom stereocenters. The summed E-state index contributed by atoms with van der Waals surface area (Å²) in [7, 11) is 0. The van der Waals surface area contributed by atoms with Crippen LogP contribution in [0.4, 0.5) is 0 Å². The predicted octanol–water partition coefficient (Wildman–Crippen LogP) is -0.208. The molecule has 0 radical (unpaired) electrons. The van der Waals surface area contributed by atoms with E-state index in [9.17, 15) is 0 Å². The van der Waals surface area contributed by atoms with Gasteiger partial charge in [-0.25, -0.2) is 0 Å². The SMILES string of the molecule is N[C@H](CO)CCN1CCCC1. The molecule has 0 unspecified atom stereocenters. The molecule has 1 fully saturated rings. The highest BCUT2D eigenvalue weighted by molar-refractivity contribution is 4.69. The Morgan fingerprint density at radius 3 is 2.55 bits per heavy atom. The average Bonchev–Trinajstić information content (AvgIpc) is 2.52. The molecule has 3 N–H and O–H groups in total. The largest absolute Gasteiger partial charge is 0.395 e. The van der Waals surface area contributed by atoms with Crippen LogP contribution in [-0.2, 0) is 0 Å². The first-order valence-corrected chi connectivity index (χ1v) is 4.41. The van der Waals surface area contributed by atoms with Crippen LogP contribution in [-0.4, -0.2) is 42.3 Å². The van der Waals surface area contributed by atoms with Crippen molar-refractivity contribution in [1.82, 2.24) is 4.90 Å². The molecule has 11 heavy (non-hydrogen) atoms. The summed E-state index contributed by atoms with van der Waals surface area (Å²) in [5, 5.41) is 8.67. The molecule has 0 bridgehead atoms. The summed E-state index contributed by atoms with van der Waals surface area (Å²) in [6.07, 6.45) is 3.58. The summed E-state index contributed by atoms with van der Waals surface area (Å²) in [5.41, 5.74) is 5.57. The molecule has 1 aliphatic heterocycles. The van der Waals surface area contributed by atoms with Gasteiger partial charge in [-0.2, -0.15) is 0 Å². The third-order valence-corrected chi connectivity index (χ3v) is 2.25. The molecule has 0 saturated carbocycles. The Morgan fingerprint density at radius 1 is 1.36 bits per heavy atom. The number of aliphatic hydroxyl groups excluding tert-OH is 1. The van der Waals surface area contributed by atoms with Gasteiger partial charge < -0.3 is 15.7 Å². The quantitative estimate of drug-likeness (QED) is 0.595. The molecule has 3 nitrogen and oxygen atoms in total. The molecule has 0 aromatic rings. The van der Waals surface area contributed by atoms with Gasteiger partial charge in [0.2, 0.25) is 0 Å². The van der Waals surface area contributed by atoms with E-state index in [1.807, 2.05) is 0 Å². The molecule has 0 aromatic carbocycles. The highest BCUT2D eigenvalue weighted by Crippen LogP contribution is 2.07. The lowest BCUT2D eigenvalue weighted by atomic mass is 10.2. The molecule has 0 spiro atoms. The van der Waals surface area contributed by atoms with Crippen LogP contribution in [0.3, 0.4) is 0 Å². The van der Waals surface area contributed by atoms with Crippen LogP contribution in [0.1, 0.15) is 19.3 Å². The van der Waals surface area contributed by atoms with Crippen LogP contribution in [0.2, 0.25) is 0 Å². The maximum absolute atomic E-state index is 8.67. The van der Waals surface area contributed by atoms with E-state index in [4.69, 9.17) is 10.8 Å². The Kier molecular flexibility index (Phi) is 3.83. The molecule has 1 rings (SSSR count). The van der Waals surface area contributed by atoms with Crippen molar-refractivity contribution < 1.29 is 5.11 Å². The van der Waals surface area contributed by atoms with Crippen molar-refractivity contribution in [1.29, 1.82) is 0 Å². The van der Waals surface area contributed by atoms with E-state index in [1.165, 1.54) is 25.9 Å². The lowest BCUT2D eigenvalue weighted by Crippen LogP contribution is -2.31. The zero-order valence-corrected chi connectivity index (χ0v) is 7.00. The Labute approximate surface area is 68.2 Å². The molecule has 1 heterocycles. The number of likely N-dealkylation sites (tertiary alicyclic amines) is 1. The molecule has 1 aliphatic rings. The zero-order valence-electron chi connectivity index (χ0n) is 7.00. The van der Waals surface area contributed by atoms with Crippen LogP contribution in [0.25, 0.3) is 0 Å². The van der Waals surface area contributed by atoms with Crippen LogP contribution in [0, 0.1) is 0 Å². The van der Waals surface area contributed by atoms with Crippen molar-refractivity contribution in [3.63, 3.8) is 0 Å². The smallest absolute Gasteiger partial charge is 0.0583 e. The van der Waals surface area contributed by atoms with E-state index in [2.05, 4.69) is 4.90 Å². The minimum Gasteiger partial charge on any atom is -0.395 e. The van der Waals surface area contributed by atoms with Crippen molar-refractivity contribution in [3.05, 3.63) is 0 Å². The highest BCUT2D eigenvalue weighted by atomic mass is 16.3. The third-order valence-electron chi connectivity index (χ3n) is 2.25. The van der Waals surface area contributed by atoms with E-state index < -0.39 is 0 Å². The summed E-state index contributed by atoms with van der Waals surface area (Å²) >= 11 is 0. The highest BCUT2D eigenvalue weighted by Gasteiger charge is 2.11. The zero-order chi connectivity index (χ0) is 8.10. The molecule has 0 aromatic heterocycles. The Balaban J connectivity index is 2.01. The van der Waals surface area contributed by atoms with E-state index in [0.717, 1.165) is 13.0 Å². The van der Waals surface area contributed by atoms with Crippen LogP contribution >= 0.6 is 0 Å². The minimum atomic E-state index is -0.0180. The minimum absolute atomic E-state index is 0.0180. The van der Waals surface area contributed by atoms with Crippen LogP contribution in [0.5, 0.6) is 0 Å². The molecular formula is C8H18N2O. The lowest BCUT2D eigenvalue weighted by molar-refractivity contribution is 0.240. The van der Waals surface area contributed by atoms with E-state index in [1.54, 1.807) is 0 Å². The summed E-state index contributed by atoms with van der Waals surface area (Å²) in [6.45, 7) is 3.62. The molecule has 1 saturated heterocycles. The van der Waals surface area contributed by atoms with Crippen molar-refractivity contribution in [3.8, 4) is 0 Å². The third kappa shape index (κ3) is 3.18. The first-order valence-electron chi connectivity index (χ1n) is 4.41. The number of hydrogen-bond acceptors (Lipinski definition) is 3. The molecule has 0 amide bonds.